The van der Waals surface area contributed by atoms with Gasteiger partial charge in [-0.05, 0) is 38.4 Å². The topological polar surface area (TPSA) is 108 Å². The summed E-state index contributed by atoms with van der Waals surface area (Å²) in [7, 11) is 0. The van der Waals surface area contributed by atoms with Crippen molar-refractivity contribution in [3.05, 3.63) is 33.9 Å². The summed E-state index contributed by atoms with van der Waals surface area (Å²) in [5.74, 6) is -0.303. The lowest BCUT2D eigenvalue weighted by molar-refractivity contribution is -0.384. The summed E-state index contributed by atoms with van der Waals surface area (Å²) in [5, 5.41) is 25.4. The van der Waals surface area contributed by atoms with E-state index >= 15 is 0 Å². The summed E-state index contributed by atoms with van der Waals surface area (Å²) in [6.45, 7) is 2.52. The second-order valence-electron chi connectivity index (χ2n) is 4.92. The Bertz CT molecular complexity index is 600. The number of hydrogen-bond donors (Lipinski definition) is 2. The lowest BCUT2D eigenvalue weighted by Gasteiger charge is -2.22. The van der Waals surface area contributed by atoms with Crippen molar-refractivity contribution in [2.24, 2.45) is 0 Å². The van der Waals surface area contributed by atoms with E-state index in [0.29, 0.717) is 6.42 Å². The van der Waals surface area contributed by atoms with Crippen molar-refractivity contribution in [2.75, 3.05) is 11.9 Å². The first-order valence-corrected chi connectivity index (χ1v) is 6.21. The molecule has 1 aromatic carbocycles. The highest BCUT2D eigenvalue weighted by Crippen LogP contribution is 2.27. The van der Waals surface area contributed by atoms with Crippen molar-refractivity contribution in [3.8, 4) is 6.07 Å². The third kappa shape index (κ3) is 2.60. The number of rotatable bonds is 3. The highest BCUT2D eigenvalue weighted by molar-refractivity contribution is 5.99. The molecule has 1 atom stereocenters. The van der Waals surface area contributed by atoms with Gasteiger partial charge in [0.05, 0.1) is 22.1 Å². The number of nitro benzene ring substituents is 1. The second kappa shape index (κ2) is 5.27. The van der Waals surface area contributed by atoms with Crippen LogP contribution in [-0.2, 0) is 4.79 Å². The van der Waals surface area contributed by atoms with Crippen LogP contribution in [0.15, 0.2) is 18.2 Å². The smallest absolute Gasteiger partial charge is 0.294 e. The number of hydrogen-bond acceptors (Lipinski definition) is 5. The lowest BCUT2D eigenvalue weighted by Crippen LogP contribution is -2.48. The van der Waals surface area contributed by atoms with Crippen LogP contribution in [0.25, 0.3) is 0 Å². The van der Waals surface area contributed by atoms with Crippen molar-refractivity contribution in [2.45, 2.75) is 25.3 Å². The fraction of sp³-hybridized carbons (Fsp3) is 0.385. The van der Waals surface area contributed by atoms with Crippen molar-refractivity contribution >= 4 is 17.3 Å². The molecule has 0 radical (unpaired) electrons. The molecule has 0 aliphatic carbocycles. The maximum absolute atomic E-state index is 12.2. The van der Waals surface area contributed by atoms with Gasteiger partial charge in [0.15, 0.2) is 0 Å². The second-order valence-corrected chi connectivity index (χ2v) is 4.92. The summed E-state index contributed by atoms with van der Waals surface area (Å²) in [5.41, 5.74) is -0.699. The van der Waals surface area contributed by atoms with Gasteiger partial charge in [0, 0.05) is 6.07 Å². The predicted molar refractivity (Wildman–Crippen MR) is 72.1 cm³/mol. The lowest BCUT2D eigenvalue weighted by atomic mass is 9.99. The van der Waals surface area contributed by atoms with E-state index in [2.05, 4.69) is 10.6 Å². The first-order chi connectivity index (χ1) is 9.46. The van der Waals surface area contributed by atoms with E-state index in [-0.39, 0.29) is 22.8 Å². The number of nitrogens with one attached hydrogen (secondary N) is 2. The molecule has 0 aromatic heterocycles. The van der Waals surface area contributed by atoms with Crippen LogP contribution in [0, 0.1) is 21.4 Å². The minimum absolute atomic E-state index is 0.105. The molecule has 104 valence electrons. The van der Waals surface area contributed by atoms with Crippen molar-refractivity contribution in [3.63, 3.8) is 0 Å². The van der Waals surface area contributed by atoms with Crippen LogP contribution in [0.3, 0.4) is 0 Å². The van der Waals surface area contributed by atoms with E-state index in [0.717, 1.165) is 19.0 Å². The molecular formula is C13H14N4O3. The molecule has 7 nitrogen and oxygen atoms in total. The molecule has 2 rings (SSSR count). The van der Waals surface area contributed by atoms with Gasteiger partial charge < -0.3 is 10.6 Å². The Hall–Kier alpha value is -2.46. The van der Waals surface area contributed by atoms with E-state index in [1.54, 1.807) is 6.92 Å². The largest absolute Gasteiger partial charge is 0.319 e. The number of benzene rings is 1. The van der Waals surface area contributed by atoms with Gasteiger partial charge in [-0.25, -0.2) is 0 Å². The van der Waals surface area contributed by atoms with E-state index in [9.17, 15) is 14.9 Å². The fourth-order valence-corrected chi connectivity index (χ4v) is 2.21. The maximum atomic E-state index is 12.2. The van der Waals surface area contributed by atoms with Crippen LogP contribution in [0.5, 0.6) is 0 Å². The quantitative estimate of drug-likeness (QED) is 0.642. The Morgan fingerprint density at radius 3 is 2.90 bits per heavy atom. The molecule has 1 heterocycles. The molecular weight excluding hydrogens is 260 g/mol. The minimum Gasteiger partial charge on any atom is -0.319 e. The van der Waals surface area contributed by atoms with Crippen LogP contribution < -0.4 is 10.6 Å². The maximum Gasteiger partial charge on any atom is 0.294 e. The van der Waals surface area contributed by atoms with Crippen LogP contribution >= 0.6 is 0 Å². The van der Waals surface area contributed by atoms with Gasteiger partial charge in [0.1, 0.15) is 5.69 Å². The molecule has 1 aliphatic heterocycles. The molecule has 20 heavy (non-hydrogen) atoms. The Balaban J connectivity index is 2.27. The molecule has 1 amide bonds. The van der Waals surface area contributed by atoms with E-state index in [1.807, 2.05) is 6.07 Å². The molecule has 0 spiro atoms. The third-order valence-electron chi connectivity index (χ3n) is 3.44. The van der Waals surface area contributed by atoms with Gasteiger partial charge in [0.25, 0.3) is 5.69 Å². The molecule has 1 saturated heterocycles. The van der Waals surface area contributed by atoms with Crippen molar-refractivity contribution in [1.82, 2.24) is 5.32 Å². The van der Waals surface area contributed by atoms with Gasteiger partial charge in [-0.3, -0.25) is 14.9 Å². The summed E-state index contributed by atoms with van der Waals surface area (Å²) in [6, 6.07) is 5.81. The molecule has 1 fully saturated rings. The molecule has 1 aromatic rings. The number of nitro groups is 1. The van der Waals surface area contributed by atoms with Gasteiger partial charge >= 0.3 is 0 Å². The number of carbonyl (C=O) groups excluding carboxylic acids is 1. The first-order valence-electron chi connectivity index (χ1n) is 6.21. The van der Waals surface area contributed by atoms with Gasteiger partial charge in [-0.15, -0.1) is 0 Å². The zero-order valence-electron chi connectivity index (χ0n) is 11.0. The summed E-state index contributed by atoms with van der Waals surface area (Å²) >= 11 is 0. The summed E-state index contributed by atoms with van der Waals surface area (Å²) in [4.78, 5) is 22.6. The molecule has 7 heteroatoms. The Kier molecular flexibility index (Phi) is 3.68. The standard InChI is InChI=1S/C13H14N4O3/c1-13(5-2-6-15-13)12(18)16-10-4-3-9(8-14)7-11(10)17(19)20/h3-4,7,15H,2,5-6H2,1H3,(H,16,18). The number of amides is 1. The van der Waals surface area contributed by atoms with Crippen LogP contribution in [0.4, 0.5) is 11.4 Å². The summed E-state index contributed by atoms with van der Waals surface area (Å²) < 4.78 is 0. The summed E-state index contributed by atoms with van der Waals surface area (Å²) in [6.07, 6.45) is 1.57. The van der Waals surface area contributed by atoms with E-state index in [1.165, 1.54) is 12.1 Å². The average molecular weight is 274 g/mol. The van der Waals surface area contributed by atoms with Crippen LogP contribution in [0.1, 0.15) is 25.3 Å². The Morgan fingerprint density at radius 2 is 2.35 bits per heavy atom. The molecule has 1 aliphatic rings. The number of carbonyl (C=O) groups is 1. The van der Waals surface area contributed by atoms with Crippen LogP contribution in [0.2, 0.25) is 0 Å². The highest BCUT2D eigenvalue weighted by Gasteiger charge is 2.36. The number of nitriles is 1. The first kappa shape index (κ1) is 14.0. The zero-order valence-corrected chi connectivity index (χ0v) is 11.0. The SMILES string of the molecule is CC1(C(=O)Nc2ccc(C#N)cc2[N+](=O)[O-])CCCN1. The molecule has 0 saturated carbocycles. The van der Waals surface area contributed by atoms with Gasteiger partial charge in [-0.2, -0.15) is 5.26 Å². The van der Waals surface area contributed by atoms with E-state index in [4.69, 9.17) is 5.26 Å². The zero-order chi connectivity index (χ0) is 14.8. The number of anilines is 1. The van der Waals surface area contributed by atoms with Crippen molar-refractivity contribution < 1.29 is 9.72 Å². The monoisotopic (exact) mass is 274 g/mol. The highest BCUT2D eigenvalue weighted by atomic mass is 16.6. The molecule has 2 N–H and O–H groups in total. The fourth-order valence-electron chi connectivity index (χ4n) is 2.21. The molecule has 1 unspecified atom stereocenters. The third-order valence-corrected chi connectivity index (χ3v) is 3.44. The van der Waals surface area contributed by atoms with Gasteiger partial charge in [0.2, 0.25) is 5.91 Å². The Labute approximate surface area is 115 Å². The predicted octanol–water partition coefficient (Wildman–Crippen LogP) is 1.55. The van der Waals surface area contributed by atoms with Crippen LogP contribution in [-0.4, -0.2) is 22.9 Å². The Morgan fingerprint density at radius 1 is 1.60 bits per heavy atom. The van der Waals surface area contributed by atoms with Gasteiger partial charge in [-0.1, -0.05) is 0 Å². The van der Waals surface area contributed by atoms with Crippen molar-refractivity contribution in [1.29, 1.82) is 5.26 Å². The normalized spacial score (nSPS) is 21.2. The molecule has 0 bridgehead atoms. The number of nitrogens with zero attached hydrogens (tertiary/aromatic N) is 2. The average Bonchev–Trinajstić information content (AvgIpc) is 2.87. The minimum atomic E-state index is -0.707. The van der Waals surface area contributed by atoms with E-state index < -0.39 is 10.5 Å².